The van der Waals surface area contributed by atoms with Crippen LogP contribution in [0, 0.1) is 11.3 Å². The minimum atomic E-state index is -3.99. The second-order valence-corrected chi connectivity index (χ2v) is 7.20. The van der Waals surface area contributed by atoms with Crippen LogP contribution in [-0.2, 0) is 10.0 Å². The number of pyridine rings is 1. The summed E-state index contributed by atoms with van der Waals surface area (Å²) in [6, 6.07) is 8.31. The predicted octanol–water partition coefficient (Wildman–Crippen LogP) is 2.94. The quantitative estimate of drug-likeness (QED) is 0.828. The Bertz CT molecular complexity index is 835. The molecule has 0 fully saturated rings. The van der Waals surface area contributed by atoms with E-state index in [0.717, 1.165) is 10.5 Å². The molecule has 0 bridgehead atoms. The molecule has 0 saturated carbocycles. The molecule has 0 aliphatic heterocycles. The van der Waals surface area contributed by atoms with Crippen molar-refractivity contribution in [1.82, 2.24) is 9.29 Å². The first-order valence-electron chi connectivity index (χ1n) is 6.54. The summed E-state index contributed by atoms with van der Waals surface area (Å²) in [5, 5.41) is 9.33. The molecule has 0 saturated heterocycles. The molecule has 0 radical (unpaired) electrons. The second kappa shape index (κ2) is 7.04. The number of hydrogen-bond acceptors (Lipinski definition) is 4. The zero-order chi connectivity index (χ0) is 17.0. The Morgan fingerprint density at radius 1 is 1.35 bits per heavy atom. The van der Waals surface area contributed by atoms with Gasteiger partial charge in [0.2, 0.25) is 10.0 Å². The third-order valence-electron chi connectivity index (χ3n) is 3.36. The van der Waals surface area contributed by atoms with Gasteiger partial charge in [-0.2, -0.15) is 9.57 Å². The number of hydrogen-bond donors (Lipinski definition) is 0. The Hall–Kier alpha value is -2.01. The number of halogens is 2. The fraction of sp³-hybridized carbons (Fsp3) is 0.200. The van der Waals surface area contributed by atoms with Crippen molar-refractivity contribution >= 4 is 21.6 Å². The summed E-state index contributed by atoms with van der Waals surface area (Å²) in [7, 11) is -2.71. The Kier molecular flexibility index (Phi) is 5.31. The maximum Gasteiger partial charge on any atom is 0.245 e. The minimum absolute atomic E-state index is 0.114. The highest BCUT2D eigenvalue weighted by Gasteiger charge is 2.29. The van der Waals surface area contributed by atoms with Gasteiger partial charge in [-0.25, -0.2) is 12.8 Å². The van der Waals surface area contributed by atoms with Gasteiger partial charge >= 0.3 is 0 Å². The number of alkyl halides is 1. The smallest absolute Gasteiger partial charge is 0.245 e. The lowest BCUT2D eigenvalue weighted by atomic mass is 10.1. The zero-order valence-electron chi connectivity index (χ0n) is 12.1. The Labute approximate surface area is 139 Å². The van der Waals surface area contributed by atoms with Crippen LogP contribution >= 0.6 is 11.6 Å². The third-order valence-corrected chi connectivity index (χ3v) is 5.44. The van der Waals surface area contributed by atoms with Gasteiger partial charge in [0.25, 0.3) is 0 Å². The zero-order valence-corrected chi connectivity index (χ0v) is 13.7. The van der Waals surface area contributed by atoms with E-state index in [1.54, 1.807) is 24.3 Å². The fourth-order valence-corrected chi connectivity index (χ4v) is 3.48. The highest BCUT2D eigenvalue weighted by Crippen LogP contribution is 2.27. The maximum absolute atomic E-state index is 13.5. The molecule has 1 atom stereocenters. The first-order chi connectivity index (χ1) is 10.9. The molecule has 5 nitrogen and oxygen atoms in total. The summed E-state index contributed by atoms with van der Waals surface area (Å²) >= 11 is 5.79. The van der Waals surface area contributed by atoms with Crippen molar-refractivity contribution in [3.8, 4) is 6.07 Å². The molecule has 0 amide bonds. The van der Waals surface area contributed by atoms with E-state index in [0.29, 0.717) is 10.6 Å². The minimum Gasteiger partial charge on any atom is -0.262 e. The van der Waals surface area contributed by atoms with E-state index in [1.807, 2.05) is 6.07 Å². The van der Waals surface area contributed by atoms with E-state index < -0.39 is 22.7 Å². The standard InChI is InChI=1S/C15H13ClFN3O2S/c1-20(15(7-17)12-2-4-13(16)5-3-12)23(21,22)14-6-11(8-18)9-19-10-14/h2-6,9-10,15H,7H2,1H3. The highest BCUT2D eigenvalue weighted by atomic mass is 35.5. The van der Waals surface area contributed by atoms with Crippen LogP contribution < -0.4 is 0 Å². The molecule has 1 unspecified atom stereocenters. The van der Waals surface area contributed by atoms with Crippen molar-refractivity contribution in [3.05, 3.63) is 58.9 Å². The van der Waals surface area contributed by atoms with Crippen LogP contribution in [0.5, 0.6) is 0 Å². The molecule has 1 heterocycles. The average molecular weight is 354 g/mol. The normalized spacial score (nSPS) is 12.8. The van der Waals surface area contributed by atoms with Crippen molar-refractivity contribution in [1.29, 1.82) is 5.26 Å². The van der Waals surface area contributed by atoms with Gasteiger partial charge in [-0.05, 0) is 23.8 Å². The number of rotatable bonds is 5. The van der Waals surface area contributed by atoms with Gasteiger partial charge < -0.3 is 0 Å². The molecule has 0 N–H and O–H groups in total. The van der Waals surface area contributed by atoms with Crippen LogP contribution in [-0.4, -0.2) is 31.4 Å². The molecule has 0 aliphatic carbocycles. The van der Waals surface area contributed by atoms with Gasteiger partial charge in [-0.3, -0.25) is 4.98 Å². The highest BCUT2D eigenvalue weighted by molar-refractivity contribution is 7.89. The number of benzene rings is 1. The lowest BCUT2D eigenvalue weighted by Gasteiger charge is -2.25. The van der Waals surface area contributed by atoms with E-state index in [-0.39, 0.29) is 10.5 Å². The van der Waals surface area contributed by atoms with E-state index in [9.17, 15) is 12.8 Å². The van der Waals surface area contributed by atoms with Crippen molar-refractivity contribution in [3.63, 3.8) is 0 Å². The largest absolute Gasteiger partial charge is 0.262 e. The van der Waals surface area contributed by atoms with Crippen molar-refractivity contribution < 1.29 is 12.8 Å². The van der Waals surface area contributed by atoms with Crippen LogP contribution in [0.1, 0.15) is 17.2 Å². The van der Waals surface area contributed by atoms with Crippen molar-refractivity contribution in [2.75, 3.05) is 13.7 Å². The molecular formula is C15H13ClFN3O2S. The summed E-state index contributed by atoms with van der Waals surface area (Å²) in [5.41, 5.74) is 0.593. The summed E-state index contributed by atoms with van der Waals surface area (Å²) in [6.07, 6.45) is 2.38. The van der Waals surface area contributed by atoms with Crippen LogP contribution in [0.4, 0.5) is 4.39 Å². The van der Waals surface area contributed by atoms with Crippen molar-refractivity contribution in [2.45, 2.75) is 10.9 Å². The van der Waals surface area contributed by atoms with Gasteiger partial charge in [-0.1, -0.05) is 23.7 Å². The maximum atomic E-state index is 13.5. The molecule has 1 aromatic carbocycles. The van der Waals surface area contributed by atoms with Gasteiger partial charge in [0.05, 0.1) is 11.6 Å². The van der Waals surface area contributed by atoms with Crippen LogP contribution in [0.3, 0.4) is 0 Å². The molecular weight excluding hydrogens is 341 g/mol. The first-order valence-corrected chi connectivity index (χ1v) is 8.36. The van der Waals surface area contributed by atoms with Crippen LogP contribution in [0.15, 0.2) is 47.6 Å². The summed E-state index contributed by atoms with van der Waals surface area (Å²) in [6.45, 7) is -0.900. The molecule has 8 heteroatoms. The lowest BCUT2D eigenvalue weighted by Crippen LogP contribution is -2.32. The second-order valence-electron chi connectivity index (χ2n) is 4.76. The van der Waals surface area contributed by atoms with E-state index >= 15 is 0 Å². The van der Waals surface area contributed by atoms with E-state index in [4.69, 9.17) is 16.9 Å². The summed E-state index contributed by atoms with van der Waals surface area (Å²) in [4.78, 5) is 3.57. The Balaban J connectivity index is 2.41. The van der Waals surface area contributed by atoms with E-state index in [2.05, 4.69) is 4.98 Å². The molecule has 2 aromatic rings. The Morgan fingerprint density at radius 2 is 2.00 bits per heavy atom. The SMILES string of the molecule is CN(C(CF)c1ccc(Cl)cc1)S(=O)(=O)c1cncc(C#N)c1. The molecule has 0 spiro atoms. The molecule has 1 aromatic heterocycles. The van der Waals surface area contributed by atoms with Crippen LogP contribution in [0.25, 0.3) is 0 Å². The molecule has 0 aliphatic rings. The fourth-order valence-electron chi connectivity index (χ4n) is 2.04. The first kappa shape index (κ1) is 17.3. The monoisotopic (exact) mass is 353 g/mol. The number of nitriles is 1. The van der Waals surface area contributed by atoms with Gasteiger partial charge in [0.15, 0.2) is 0 Å². The summed E-state index contributed by atoms with van der Waals surface area (Å²) in [5.74, 6) is 0. The van der Waals surface area contributed by atoms with Gasteiger partial charge in [0, 0.05) is 24.5 Å². The number of aromatic nitrogens is 1. The molecule has 120 valence electrons. The number of sulfonamides is 1. The third kappa shape index (κ3) is 3.67. The average Bonchev–Trinajstić information content (AvgIpc) is 2.57. The number of nitrogens with zero attached hydrogens (tertiary/aromatic N) is 3. The lowest BCUT2D eigenvalue weighted by molar-refractivity contribution is 0.299. The van der Waals surface area contributed by atoms with E-state index in [1.165, 1.54) is 19.3 Å². The van der Waals surface area contributed by atoms with Gasteiger partial charge in [0.1, 0.15) is 17.6 Å². The van der Waals surface area contributed by atoms with Gasteiger partial charge in [-0.15, -0.1) is 0 Å². The topological polar surface area (TPSA) is 74.1 Å². The molecule has 23 heavy (non-hydrogen) atoms. The summed E-state index contributed by atoms with van der Waals surface area (Å²) < 4.78 is 39.7. The Morgan fingerprint density at radius 3 is 2.57 bits per heavy atom. The predicted molar refractivity (Wildman–Crippen MR) is 84.1 cm³/mol. The van der Waals surface area contributed by atoms with Crippen LogP contribution in [0.2, 0.25) is 5.02 Å². The molecule has 2 rings (SSSR count). The van der Waals surface area contributed by atoms with Crippen molar-refractivity contribution in [2.24, 2.45) is 0 Å².